The topological polar surface area (TPSA) is 12.0 Å². The van der Waals surface area contributed by atoms with Crippen LogP contribution < -0.4 is 5.32 Å². The highest BCUT2D eigenvalue weighted by atomic mass is 32.2. The Morgan fingerprint density at radius 3 is 2.94 bits per heavy atom. The predicted octanol–water partition coefficient (Wildman–Crippen LogP) is 3.50. The molecule has 0 spiro atoms. The van der Waals surface area contributed by atoms with E-state index in [1.807, 2.05) is 17.8 Å². The molecule has 0 fully saturated rings. The van der Waals surface area contributed by atoms with Crippen LogP contribution in [0.25, 0.3) is 0 Å². The average molecular weight is 239 g/mol. The maximum absolute atomic E-state index is 13.3. The van der Waals surface area contributed by atoms with Gasteiger partial charge in [0.05, 0.1) is 0 Å². The summed E-state index contributed by atoms with van der Waals surface area (Å²) in [6.45, 7) is 5.23. The summed E-state index contributed by atoms with van der Waals surface area (Å²) in [5.41, 5.74) is 2.44. The van der Waals surface area contributed by atoms with Gasteiger partial charge in [-0.25, -0.2) is 4.39 Å². The van der Waals surface area contributed by atoms with Crippen molar-refractivity contribution in [3.8, 4) is 0 Å². The van der Waals surface area contributed by atoms with Crippen LogP contribution in [0.15, 0.2) is 18.2 Å². The Labute approximate surface area is 101 Å². The number of hydrogen-bond donors (Lipinski definition) is 1. The quantitative estimate of drug-likeness (QED) is 0.866. The monoisotopic (exact) mass is 239 g/mol. The average Bonchev–Trinajstić information content (AvgIpc) is 2.30. The third kappa shape index (κ3) is 2.25. The van der Waals surface area contributed by atoms with E-state index in [9.17, 15) is 4.39 Å². The molecule has 0 saturated heterocycles. The van der Waals surface area contributed by atoms with E-state index in [-0.39, 0.29) is 5.82 Å². The van der Waals surface area contributed by atoms with Gasteiger partial charge in [-0.05, 0) is 36.2 Å². The van der Waals surface area contributed by atoms with Crippen LogP contribution in [-0.4, -0.2) is 11.8 Å². The summed E-state index contributed by atoms with van der Waals surface area (Å²) in [7, 11) is 0. The van der Waals surface area contributed by atoms with Crippen molar-refractivity contribution < 1.29 is 4.39 Å². The van der Waals surface area contributed by atoms with E-state index in [4.69, 9.17) is 0 Å². The standard InChI is InChI=1S/C13H18FNS/c1-3-12-13(15-4-2)11-7-10(14)6-5-9(11)8-16-12/h5-7,12-13,15H,3-4,8H2,1-2H3. The Balaban J connectivity index is 2.35. The van der Waals surface area contributed by atoms with Crippen molar-refractivity contribution in [1.82, 2.24) is 5.32 Å². The normalized spacial score (nSPS) is 24.2. The maximum atomic E-state index is 13.3. The Kier molecular flexibility index (Phi) is 3.87. The second-order valence-corrected chi connectivity index (χ2v) is 5.36. The molecule has 88 valence electrons. The molecule has 16 heavy (non-hydrogen) atoms. The molecule has 2 unspecified atom stereocenters. The first-order valence-electron chi connectivity index (χ1n) is 5.89. The third-order valence-electron chi connectivity index (χ3n) is 3.09. The highest BCUT2D eigenvalue weighted by Gasteiger charge is 2.28. The van der Waals surface area contributed by atoms with Gasteiger partial charge < -0.3 is 5.32 Å². The molecule has 0 aromatic heterocycles. The van der Waals surface area contributed by atoms with Crippen molar-refractivity contribution in [2.75, 3.05) is 6.54 Å². The van der Waals surface area contributed by atoms with Gasteiger partial charge in [-0.15, -0.1) is 0 Å². The third-order valence-corrected chi connectivity index (χ3v) is 4.61. The van der Waals surface area contributed by atoms with Crippen molar-refractivity contribution in [3.63, 3.8) is 0 Å². The lowest BCUT2D eigenvalue weighted by molar-refractivity contribution is 0.509. The number of fused-ring (bicyclic) bond motifs is 1. The second-order valence-electron chi connectivity index (χ2n) is 4.14. The van der Waals surface area contributed by atoms with E-state index in [1.54, 1.807) is 12.1 Å². The molecular formula is C13H18FNS. The van der Waals surface area contributed by atoms with Gasteiger partial charge in [0.25, 0.3) is 0 Å². The van der Waals surface area contributed by atoms with Gasteiger partial charge in [0, 0.05) is 17.0 Å². The zero-order chi connectivity index (χ0) is 11.5. The fourth-order valence-corrected chi connectivity index (χ4v) is 3.62. The molecule has 1 N–H and O–H groups in total. The first kappa shape index (κ1) is 11.9. The van der Waals surface area contributed by atoms with Crippen molar-refractivity contribution in [2.45, 2.75) is 37.3 Å². The molecule has 0 saturated carbocycles. The van der Waals surface area contributed by atoms with Crippen LogP contribution in [0, 0.1) is 5.82 Å². The fraction of sp³-hybridized carbons (Fsp3) is 0.538. The molecule has 1 aromatic rings. The molecule has 3 heteroatoms. The molecule has 2 rings (SSSR count). The van der Waals surface area contributed by atoms with Crippen molar-refractivity contribution in [3.05, 3.63) is 35.1 Å². The number of halogens is 1. The minimum atomic E-state index is -0.122. The SMILES string of the molecule is CCNC1c2cc(F)ccc2CSC1CC. The molecule has 1 aliphatic heterocycles. The van der Waals surface area contributed by atoms with Gasteiger partial charge in [0.2, 0.25) is 0 Å². The number of rotatable bonds is 3. The highest BCUT2D eigenvalue weighted by Crippen LogP contribution is 2.39. The predicted molar refractivity (Wildman–Crippen MR) is 68.2 cm³/mol. The van der Waals surface area contributed by atoms with Crippen molar-refractivity contribution in [1.29, 1.82) is 0 Å². The number of nitrogens with one attached hydrogen (secondary N) is 1. The van der Waals surface area contributed by atoms with E-state index in [1.165, 1.54) is 5.56 Å². The fourth-order valence-electron chi connectivity index (χ4n) is 2.29. The molecule has 2 atom stereocenters. The van der Waals surface area contributed by atoms with Crippen LogP contribution in [0.3, 0.4) is 0 Å². The molecule has 1 aromatic carbocycles. The molecule has 1 nitrogen and oxygen atoms in total. The Bertz CT molecular complexity index is 367. The van der Waals surface area contributed by atoms with Crippen molar-refractivity contribution >= 4 is 11.8 Å². The van der Waals surface area contributed by atoms with Crippen LogP contribution in [0.1, 0.15) is 37.4 Å². The van der Waals surface area contributed by atoms with E-state index in [0.29, 0.717) is 11.3 Å². The van der Waals surface area contributed by atoms with E-state index >= 15 is 0 Å². The Morgan fingerprint density at radius 2 is 2.25 bits per heavy atom. The van der Waals surface area contributed by atoms with Gasteiger partial charge in [0.1, 0.15) is 5.82 Å². The minimum absolute atomic E-state index is 0.122. The zero-order valence-corrected chi connectivity index (χ0v) is 10.6. The molecule has 0 amide bonds. The lowest BCUT2D eigenvalue weighted by atomic mass is 9.96. The van der Waals surface area contributed by atoms with Crippen LogP contribution in [0.2, 0.25) is 0 Å². The molecule has 1 heterocycles. The number of hydrogen-bond acceptors (Lipinski definition) is 2. The van der Waals surface area contributed by atoms with Crippen molar-refractivity contribution in [2.24, 2.45) is 0 Å². The van der Waals surface area contributed by atoms with E-state index in [2.05, 4.69) is 19.2 Å². The summed E-state index contributed by atoms with van der Waals surface area (Å²) >= 11 is 1.97. The summed E-state index contributed by atoms with van der Waals surface area (Å²) in [4.78, 5) is 0. The molecule has 0 radical (unpaired) electrons. The van der Waals surface area contributed by atoms with Gasteiger partial charge in [-0.2, -0.15) is 11.8 Å². The van der Waals surface area contributed by atoms with Gasteiger partial charge in [-0.3, -0.25) is 0 Å². The molecule has 1 aliphatic rings. The molecule has 0 aliphatic carbocycles. The highest BCUT2D eigenvalue weighted by molar-refractivity contribution is 7.99. The van der Waals surface area contributed by atoms with Crippen LogP contribution in [0.5, 0.6) is 0 Å². The second kappa shape index (κ2) is 5.19. The van der Waals surface area contributed by atoms with Gasteiger partial charge in [0.15, 0.2) is 0 Å². The first-order valence-corrected chi connectivity index (χ1v) is 6.94. The van der Waals surface area contributed by atoms with E-state index in [0.717, 1.165) is 24.3 Å². The summed E-state index contributed by atoms with van der Waals surface area (Å²) in [6, 6.07) is 5.49. The summed E-state index contributed by atoms with van der Waals surface area (Å²) < 4.78 is 13.3. The lowest BCUT2D eigenvalue weighted by Crippen LogP contribution is -2.33. The zero-order valence-electron chi connectivity index (χ0n) is 9.79. The Hall–Kier alpha value is -0.540. The summed E-state index contributed by atoms with van der Waals surface area (Å²) in [6.07, 6.45) is 1.12. The lowest BCUT2D eigenvalue weighted by Gasteiger charge is -2.33. The smallest absolute Gasteiger partial charge is 0.123 e. The first-order chi connectivity index (χ1) is 7.76. The largest absolute Gasteiger partial charge is 0.309 e. The van der Waals surface area contributed by atoms with E-state index < -0.39 is 0 Å². The van der Waals surface area contributed by atoms with Gasteiger partial charge in [-0.1, -0.05) is 19.9 Å². The van der Waals surface area contributed by atoms with Crippen LogP contribution in [-0.2, 0) is 5.75 Å². The van der Waals surface area contributed by atoms with Crippen LogP contribution >= 0.6 is 11.8 Å². The summed E-state index contributed by atoms with van der Waals surface area (Å²) in [5.74, 6) is 0.888. The van der Waals surface area contributed by atoms with Crippen LogP contribution in [0.4, 0.5) is 4.39 Å². The molecular weight excluding hydrogens is 221 g/mol. The van der Waals surface area contributed by atoms with Gasteiger partial charge >= 0.3 is 0 Å². The molecule has 0 bridgehead atoms. The number of thioether (sulfide) groups is 1. The summed E-state index contributed by atoms with van der Waals surface area (Å²) in [5, 5.41) is 4.05. The number of benzene rings is 1. The maximum Gasteiger partial charge on any atom is 0.123 e. The Morgan fingerprint density at radius 1 is 1.44 bits per heavy atom. The minimum Gasteiger partial charge on any atom is -0.309 e.